The molecule has 0 aliphatic rings. The number of fused-ring (bicyclic) bond motifs is 1. The molecule has 122 valence electrons. The summed E-state index contributed by atoms with van der Waals surface area (Å²) in [4.78, 5) is 24.5. The van der Waals surface area contributed by atoms with Crippen LogP contribution in [0.3, 0.4) is 0 Å². The molecule has 0 radical (unpaired) electrons. The summed E-state index contributed by atoms with van der Waals surface area (Å²) in [5.41, 5.74) is 1.13. The monoisotopic (exact) mass is 333 g/mol. The molecule has 0 aliphatic heterocycles. The van der Waals surface area contributed by atoms with Crippen LogP contribution in [0.4, 0.5) is 5.69 Å². The second kappa shape index (κ2) is 6.00. The predicted octanol–water partition coefficient (Wildman–Crippen LogP) is 2.23. The van der Waals surface area contributed by atoms with E-state index in [0.29, 0.717) is 22.2 Å². The number of aromatic nitrogens is 4. The highest BCUT2D eigenvalue weighted by atomic mass is 16.3. The number of nitrogens with one attached hydrogen (secondary N) is 2. The summed E-state index contributed by atoms with van der Waals surface area (Å²) >= 11 is 0. The molecule has 8 heteroatoms. The van der Waals surface area contributed by atoms with Gasteiger partial charge in [0.1, 0.15) is 5.58 Å². The second-order valence-electron chi connectivity index (χ2n) is 5.24. The van der Waals surface area contributed by atoms with Gasteiger partial charge in [-0.2, -0.15) is 5.21 Å². The van der Waals surface area contributed by atoms with Crippen molar-refractivity contribution in [3.05, 3.63) is 70.4 Å². The second-order valence-corrected chi connectivity index (χ2v) is 5.24. The highest BCUT2D eigenvalue weighted by molar-refractivity contribution is 6.05. The minimum absolute atomic E-state index is 0.195. The molecule has 0 saturated carbocycles. The van der Waals surface area contributed by atoms with E-state index in [2.05, 4.69) is 25.9 Å². The zero-order valence-corrected chi connectivity index (χ0v) is 12.8. The number of carbonyl (C=O) groups excluding carboxylic acids is 1. The van der Waals surface area contributed by atoms with Gasteiger partial charge in [0.15, 0.2) is 11.2 Å². The smallest absolute Gasteiger partial charge is 0.255 e. The molecule has 0 bridgehead atoms. The van der Waals surface area contributed by atoms with Crippen molar-refractivity contribution in [3.63, 3.8) is 0 Å². The number of H-pyrrole nitrogens is 1. The van der Waals surface area contributed by atoms with E-state index in [4.69, 9.17) is 4.42 Å². The highest BCUT2D eigenvalue weighted by Crippen LogP contribution is 2.21. The van der Waals surface area contributed by atoms with Gasteiger partial charge in [0.25, 0.3) is 5.91 Å². The van der Waals surface area contributed by atoms with Gasteiger partial charge in [-0.05, 0) is 35.5 Å². The van der Waals surface area contributed by atoms with E-state index >= 15 is 0 Å². The zero-order chi connectivity index (χ0) is 17.2. The Morgan fingerprint density at radius 2 is 1.92 bits per heavy atom. The lowest BCUT2D eigenvalue weighted by atomic mass is 10.1. The number of carbonyl (C=O) groups is 1. The lowest BCUT2D eigenvalue weighted by Gasteiger charge is -2.06. The minimum atomic E-state index is -0.267. The lowest BCUT2D eigenvalue weighted by Crippen LogP contribution is -2.12. The van der Waals surface area contributed by atoms with E-state index in [1.807, 2.05) is 6.07 Å². The van der Waals surface area contributed by atoms with Crippen molar-refractivity contribution in [2.45, 2.75) is 0 Å². The number of tetrazole rings is 1. The molecule has 25 heavy (non-hydrogen) atoms. The molecule has 4 aromatic rings. The normalized spacial score (nSPS) is 10.7. The summed E-state index contributed by atoms with van der Waals surface area (Å²) in [6, 6.07) is 14.9. The fraction of sp³-hybridized carbons (Fsp3) is 0. The van der Waals surface area contributed by atoms with Gasteiger partial charge >= 0.3 is 0 Å². The molecule has 4 rings (SSSR count). The van der Waals surface area contributed by atoms with Gasteiger partial charge in [0.05, 0.1) is 5.39 Å². The Labute approximate surface area is 140 Å². The Morgan fingerprint density at radius 1 is 1.08 bits per heavy atom. The van der Waals surface area contributed by atoms with Crippen LogP contribution in [-0.4, -0.2) is 26.5 Å². The number of aromatic amines is 1. The predicted molar refractivity (Wildman–Crippen MR) is 90.1 cm³/mol. The van der Waals surface area contributed by atoms with E-state index in [-0.39, 0.29) is 22.9 Å². The van der Waals surface area contributed by atoms with Crippen LogP contribution < -0.4 is 10.7 Å². The average molecular weight is 333 g/mol. The third-order valence-corrected chi connectivity index (χ3v) is 3.59. The molecule has 8 nitrogen and oxygen atoms in total. The van der Waals surface area contributed by atoms with Crippen LogP contribution >= 0.6 is 0 Å². The van der Waals surface area contributed by atoms with Crippen molar-refractivity contribution in [1.82, 2.24) is 20.6 Å². The third-order valence-electron chi connectivity index (χ3n) is 3.59. The molecule has 2 aromatic heterocycles. The molecule has 0 unspecified atom stereocenters. The van der Waals surface area contributed by atoms with Crippen LogP contribution in [0.25, 0.3) is 22.6 Å². The van der Waals surface area contributed by atoms with E-state index < -0.39 is 0 Å². The maximum Gasteiger partial charge on any atom is 0.255 e. The van der Waals surface area contributed by atoms with Gasteiger partial charge < -0.3 is 9.73 Å². The van der Waals surface area contributed by atoms with Crippen molar-refractivity contribution in [2.24, 2.45) is 0 Å². The molecular weight excluding hydrogens is 322 g/mol. The molecule has 0 atom stereocenters. The summed E-state index contributed by atoms with van der Waals surface area (Å²) in [7, 11) is 0. The molecule has 0 spiro atoms. The van der Waals surface area contributed by atoms with Gasteiger partial charge in [0.2, 0.25) is 5.82 Å². The topological polar surface area (TPSA) is 114 Å². The summed E-state index contributed by atoms with van der Waals surface area (Å²) in [6.07, 6.45) is 0. The molecule has 0 fully saturated rings. The van der Waals surface area contributed by atoms with E-state index in [1.165, 1.54) is 6.07 Å². The summed E-state index contributed by atoms with van der Waals surface area (Å²) in [6.45, 7) is 0. The number of nitrogens with zero attached hydrogens (tertiary/aromatic N) is 3. The van der Waals surface area contributed by atoms with Crippen molar-refractivity contribution in [1.29, 1.82) is 0 Å². The third kappa shape index (κ3) is 2.88. The number of hydrogen-bond donors (Lipinski definition) is 2. The van der Waals surface area contributed by atoms with Gasteiger partial charge in [-0.1, -0.05) is 18.2 Å². The van der Waals surface area contributed by atoms with E-state index in [9.17, 15) is 9.59 Å². The number of anilines is 1. The lowest BCUT2D eigenvalue weighted by molar-refractivity contribution is 0.102. The molecule has 1 amide bonds. The molecule has 2 heterocycles. The first kappa shape index (κ1) is 14.8. The largest absolute Gasteiger partial charge is 0.452 e. The van der Waals surface area contributed by atoms with Gasteiger partial charge in [0, 0.05) is 17.3 Å². The first-order chi connectivity index (χ1) is 12.2. The number of benzene rings is 2. The van der Waals surface area contributed by atoms with Gasteiger partial charge in [-0.25, -0.2) is 0 Å². The first-order valence-corrected chi connectivity index (χ1v) is 7.39. The molecule has 0 aliphatic carbocycles. The Balaban J connectivity index is 1.69. The van der Waals surface area contributed by atoms with Crippen molar-refractivity contribution in [3.8, 4) is 11.6 Å². The number of hydrogen-bond acceptors (Lipinski definition) is 6. The molecule has 2 N–H and O–H groups in total. The maximum absolute atomic E-state index is 12.3. The van der Waals surface area contributed by atoms with Crippen LogP contribution in [0.15, 0.2) is 63.8 Å². The quantitative estimate of drug-likeness (QED) is 0.594. The zero-order valence-electron chi connectivity index (χ0n) is 12.8. The van der Waals surface area contributed by atoms with Crippen LogP contribution in [0.2, 0.25) is 0 Å². The van der Waals surface area contributed by atoms with Crippen molar-refractivity contribution < 1.29 is 9.21 Å². The number of amides is 1. The van der Waals surface area contributed by atoms with E-state index in [0.717, 1.165) is 0 Å². The molecule has 0 saturated heterocycles. The van der Waals surface area contributed by atoms with E-state index in [1.54, 1.807) is 42.5 Å². The van der Waals surface area contributed by atoms with Crippen LogP contribution in [0, 0.1) is 0 Å². The first-order valence-electron chi connectivity index (χ1n) is 7.39. The van der Waals surface area contributed by atoms with Gasteiger partial charge in [-0.3, -0.25) is 9.59 Å². The Kier molecular flexibility index (Phi) is 3.55. The highest BCUT2D eigenvalue weighted by Gasteiger charge is 2.12. The SMILES string of the molecule is O=C(Nc1ccc2oc(-c3nn[nH]n3)cc(=O)c2c1)c1ccccc1. The fourth-order valence-electron chi connectivity index (χ4n) is 2.40. The molecular formula is C17H11N5O3. The molecule has 2 aromatic carbocycles. The Bertz CT molecular complexity index is 1100. The Morgan fingerprint density at radius 3 is 2.68 bits per heavy atom. The van der Waals surface area contributed by atoms with Crippen LogP contribution in [0.5, 0.6) is 0 Å². The Hall–Kier alpha value is -3.81. The van der Waals surface area contributed by atoms with Crippen LogP contribution in [0.1, 0.15) is 10.4 Å². The maximum atomic E-state index is 12.3. The van der Waals surface area contributed by atoms with Crippen molar-refractivity contribution >= 4 is 22.6 Å². The van der Waals surface area contributed by atoms with Crippen molar-refractivity contribution in [2.75, 3.05) is 5.32 Å². The minimum Gasteiger partial charge on any atom is -0.452 e. The summed E-state index contributed by atoms with van der Waals surface area (Å²) in [5.74, 6) is 0.153. The number of rotatable bonds is 3. The average Bonchev–Trinajstić information content (AvgIpc) is 3.17. The van der Waals surface area contributed by atoms with Gasteiger partial charge in [-0.15, -0.1) is 10.2 Å². The fourth-order valence-corrected chi connectivity index (χ4v) is 2.40. The summed E-state index contributed by atoms with van der Waals surface area (Å²) in [5, 5.41) is 16.4. The summed E-state index contributed by atoms with van der Waals surface area (Å²) < 4.78 is 5.63. The van der Waals surface area contributed by atoms with Crippen LogP contribution in [-0.2, 0) is 0 Å². The standard InChI is InChI=1S/C17H11N5O3/c23-13-9-15(16-19-21-22-20-16)25-14-7-6-11(8-12(13)14)18-17(24)10-4-2-1-3-5-10/h1-9H,(H,18,24)(H,19,20,21,22).